The van der Waals surface area contributed by atoms with Gasteiger partial charge in [-0.3, -0.25) is 0 Å². The molecule has 0 aliphatic rings. The van der Waals surface area contributed by atoms with Crippen molar-refractivity contribution in [2.75, 3.05) is 0 Å². The number of hydrogen-bond acceptors (Lipinski definition) is 5. The fourth-order valence-electron chi connectivity index (χ4n) is 1.76. The zero-order valence-corrected chi connectivity index (χ0v) is 10.8. The van der Waals surface area contributed by atoms with Crippen LogP contribution < -0.4 is 4.74 Å². The number of halogens is 1. The molecule has 0 fully saturated rings. The molecule has 2 aromatic heterocycles. The summed E-state index contributed by atoms with van der Waals surface area (Å²) < 4.78 is 19.9. The molecule has 0 aliphatic heterocycles. The first-order valence-corrected chi connectivity index (χ1v) is 6.16. The Hall–Kier alpha value is -2.80. The zero-order chi connectivity index (χ0) is 14.7. The number of aliphatic hydroxyl groups is 1. The number of benzene rings is 1. The van der Waals surface area contributed by atoms with Crippen LogP contribution in [0, 0.1) is 5.82 Å². The van der Waals surface area contributed by atoms with Gasteiger partial charge in [0.05, 0.1) is 18.5 Å². The molecule has 6 nitrogen and oxygen atoms in total. The number of rotatable bonds is 4. The van der Waals surface area contributed by atoms with Gasteiger partial charge >= 0.3 is 6.01 Å². The van der Waals surface area contributed by atoms with Crippen LogP contribution in [0.5, 0.6) is 11.9 Å². The van der Waals surface area contributed by atoms with Crippen LogP contribution >= 0.6 is 0 Å². The smallest absolute Gasteiger partial charge is 0.342 e. The minimum absolute atomic E-state index is 0.0626. The van der Waals surface area contributed by atoms with Crippen LogP contribution in [-0.4, -0.2) is 24.9 Å². The maximum Gasteiger partial charge on any atom is 0.342 e. The predicted molar refractivity (Wildman–Crippen MR) is 71.6 cm³/mol. The number of pyridine rings is 1. The molecule has 1 aromatic carbocycles. The molecule has 0 saturated heterocycles. The van der Waals surface area contributed by atoms with Gasteiger partial charge in [-0.15, -0.1) is 5.10 Å². The molecule has 3 aromatic rings. The van der Waals surface area contributed by atoms with E-state index in [1.807, 2.05) is 30.3 Å². The Balaban J connectivity index is 1.85. The van der Waals surface area contributed by atoms with Gasteiger partial charge in [-0.05, 0) is 18.2 Å². The topological polar surface area (TPSA) is 73.1 Å². The van der Waals surface area contributed by atoms with Crippen molar-refractivity contribution >= 4 is 0 Å². The van der Waals surface area contributed by atoms with E-state index in [2.05, 4.69) is 15.1 Å². The van der Waals surface area contributed by atoms with Gasteiger partial charge in [0.2, 0.25) is 5.88 Å². The summed E-state index contributed by atoms with van der Waals surface area (Å²) in [6.45, 7) is -0.389. The molecular weight excluding hydrogens is 275 g/mol. The molecule has 106 valence electrons. The third-order valence-corrected chi connectivity index (χ3v) is 2.74. The molecule has 0 aliphatic carbocycles. The maximum atomic E-state index is 13.0. The summed E-state index contributed by atoms with van der Waals surface area (Å²) in [5.41, 5.74) is 1.06. The summed E-state index contributed by atoms with van der Waals surface area (Å²) in [7, 11) is 0. The van der Waals surface area contributed by atoms with Crippen molar-refractivity contribution in [3.8, 4) is 17.6 Å². The molecular formula is C14H11FN4O2. The average Bonchev–Trinajstić information content (AvgIpc) is 2.98. The highest BCUT2D eigenvalue weighted by atomic mass is 19.1. The van der Waals surface area contributed by atoms with Gasteiger partial charge in [0, 0.05) is 5.56 Å². The summed E-state index contributed by atoms with van der Waals surface area (Å²) >= 11 is 0. The van der Waals surface area contributed by atoms with Gasteiger partial charge in [0.15, 0.2) is 0 Å². The molecule has 1 N–H and O–H groups in total. The third kappa shape index (κ3) is 2.87. The molecule has 3 rings (SSSR count). The van der Waals surface area contributed by atoms with Crippen LogP contribution in [0.2, 0.25) is 0 Å². The lowest BCUT2D eigenvalue weighted by molar-refractivity contribution is 0.273. The Labute approximate surface area is 119 Å². The fraction of sp³-hybridized carbons (Fsp3) is 0.0714. The van der Waals surface area contributed by atoms with E-state index < -0.39 is 5.82 Å². The van der Waals surface area contributed by atoms with Crippen LogP contribution in [0.1, 0.15) is 5.56 Å². The molecule has 21 heavy (non-hydrogen) atoms. The number of aromatic nitrogens is 4. The van der Waals surface area contributed by atoms with E-state index in [1.165, 1.54) is 11.0 Å². The highest BCUT2D eigenvalue weighted by Crippen LogP contribution is 2.21. The number of ether oxygens (including phenoxy) is 1. The van der Waals surface area contributed by atoms with Crippen molar-refractivity contribution in [3.63, 3.8) is 0 Å². The summed E-state index contributed by atoms with van der Waals surface area (Å²) in [5, 5.41) is 13.3. The van der Waals surface area contributed by atoms with Crippen LogP contribution in [0.15, 0.2) is 48.9 Å². The second kappa shape index (κ2) is 5.68. The SMILES string of the molecule is OCc1cc(F)cnc1Oc1ncn(-c2ccccc2)n1. The van der Waals surface area contributed by atoms with E-state index in [9.17, 15) is 9.50 Å². The lowest BCUT2D eigenvalue weighted by Crippen LogP contribution is -1.98. The van der Waals surface area contributed by atoms with Crippen molar-refractivity contribution in [2.24, 2.45) is 0 Å². The minimum atomic E-state index is -0.547. The molecule has 0 atom stereocenters. The first kappa shape index (κ1) is 13.2. The largest absolute Gasteiger partial charge is 0.404 e. The van der Waals surface area contributed by atoms with Crippen molar-refractivity contribution in [2.45, 2.75) is 6.61 Å². The van der Waals surface area contributed by atoms with Crippen molar-refractivity contribution < 1.29 is 14.2 Å². The minimum Gasteiger partial charge on any atom is -0.404 e. The van der Waals surface area contributed by atoms with Gasteiger partial charge in [0.1, 0.15) is 12.1 Å². The number of nitrogens with zero attached hydrogens (tertiary/aromatic N) is 4. The average molecular weight is 286 g/mol. The van der Waals surface area contributed by atoms with Crippen LogP contribution in [-0.2, 0) is 6.61 Å². The first-order valence-electron chi connectivity index (χ1n) is 6.16. The Morgan fingerprint density at radius 1 is 1.19 bits per heavy atom. The van der Waals surface area contributed by atoms with Crippen molar-refractivity contribution in [1.29, 1.82) is 0 Å². The number of hydrogen-bond donors (Lipinski definition) is 1. The summed E-state index contributed by atoms with van der Waals surface area (Å²) in [5.74, 6) is -0.473. The summed E-state index contributed by atoms with van der Waals surface area (Å²) in [6, 6.07) is 10.6. The molecule has 0 saturated carbocycles. The molecule has 0 unspecified atom stereocenters. The van der Waals surface area contributed by atoms with Gasteiger partial charge in [-0.25, -0.2) is 14.1 Å². The summed E-state index contributed by atoms with van der Waals surface area (Å²) in [4.78, 5) is 7.78. The van der Waals surface area contributed by atoms with Gasteiger partial charge in [-0.1, -0.05) is 18.2 Å². The number of aliphatic hydroxyl groups excluding tert-OH is 1. The zero-order valence-electron chi connectivity index (χ0n) is 10.8. The Morgan fingerprint density at radius 2 is 2.00 bits per heavy atom. The van der Waals surface area contributed by atoms with Crippen LogP contribution in [0.4, 0.5) is 4.39 Å². The molecule has 0 spiro atoms. The van der Waals surface area contributed by atoms with E-state index >= 15 is 0 Å². The van der Waals surface area contributed by atoms with Crippen LogP contribution in [0.3, 0.4) is 0 Å². The molecule has 7 heteroatoms. The van der Waals surface area contributed by atoms with E-state index in [0.29, 0.717) is 0 Å². The molecule has 0 radical (unpaired) electrons. The second-order valence-electron chi connectivity index (χ2n) is 4.19. The molecule has 2 heterocycles. The second-order valence-corrected chi connectivity index (χ2v) is 4.19. The summed E-state index contributed by atoms with van der Waals surface area (Å²) in [6.07, 6.45) is 2.50. The highest BCUT2D eigenvalue weighted by Gasteiger charge is 2.11. The lowest BCUT2D eigenvalue weighted by atomic mass is 10.3. The fourth-order valence-corrected chi connectivity index (χ4v) is 1.76. The quantitative estimate of drug-likeness (QED) is 0.795. The first-order chi connectivity index (χ1) is 10.3. The van der Waals surface area contributed by atoms with Crippen molar-refractivity contribution in [3.05, 3.63) is 60.3 Å². The third-order valence-electron chi connectivity index (χ3n) is 2.74. The highest BCUT2D eigenvalue weighted by molar-refractivity contribution is 5.30. The molecule has 0 amide bonds. The molecule has 0 bridgehead atoms. The Morgan fingerprint density at radius 3 is 2.76 bits per heavy atom. The standard InChI is InChI=1S/C14H11FN4O2/c15-11-6-10(8-20)13(16-7-11)21-14-17-9-19(18-14)12-4-2-1-3-5-12/h1-7,9,20H,8H2. The normalized spacial score (nSPS) is 10.6. The Bertz CT molecular complexity index is 746. The lowest BCUT2D eigenvalue weighted by Gasteiger charge is -2.04. The maximum absolute atomic E-state index is 13.0. The van der Waals surface area contributed by atoms with E-state index in [1.54, 1.807) is 0 Å². The van der Waals surface area contributed by atoms with Gasteiger partial charge < -0.3 is 9.84 Å². The predicted octanol–water partition coefficient (Wildman–Crippen LogP) is 2.09. The van der Waals surface area contributed by atoms with E-state index in [0.717, 1.165) is 18.0 Å². The van der Waals surface area contributed by atoms with Gasteiger partial charge in [-0.2, -0.15) is 4.98 Å². The van der Waals surface area contributed by atoms with Crippen LogP contribution in [0.25, 0.3) is 5.69 Å². The van der Waals surface area contributed by atoms with Crippen molar-refractivity contribution in [1.82, 2.24) is 19.7 Å². The monoisotopic (exact) mass is 286 g/mol. The van der Waals surface area contributed by atoms with E-state index in [-0.39, 0.29) is 24.1 Å². The Kier molecular flexibility index (Phi) is 3.57. The number of para-hydroxylation sites is 1. The van der Waals surface area contributed by atoms with E-state index in [4.69, 9.17) is 4.74 Å². The van der Waals surface area contributed by atoms with Gasteiger partial charge in [0.25, 0.3) is 0 Å².